The van der Waals surface area contributed by atoms with Crippen LogP contribution in [0.3, 0.4) is 0 Å². The molecule has 0 radical (unpaired) electrons. The molecule has 0 atom stereocenters. The van der Waals surface area contributed by atoms with Crippen molar-refractivity contribution in [3.63, 3.8) is 0 Å². The Bertz CT molecular complexity index is 268. The van der Waals surface area contributed by atoms with Crippen LogP contribution in [0.4, 0.5) is 0 Å². The van der Waals surface area contributed by atoms with E-state index >= 15 is 0 Å². The monoisotopic (exact) mass is 215 g/mol. The minimum Gasteiger partial charge on any atom is -0.467 e. The summed E-state index contributed by atoms with van der Waals surface area (Å²) in [5.74, 6) is -2.05. The highest BCUT2D eigenvalue weighted by Gasteiger charge is 2.50. The first-order valence-electron chi connectivity index (χ1n) is 4.21. The fourth-order valence-corrected chi connectivity index (χ4v) is 0.988. The van der Waals surface area contributed by atoms with Gasteiger partial charge in [-0.1, -0.05) is 12.2 Å². The first kappa shape index (κ1) is 13.3. The van der Waals surface area contributed by atoms with Crippen molar-refractivity contribution in [2.75, 3.05) is 14.2 Å². The molecule has 0 aliphatic rings. The van der Waals surface area contributed by atoms with Gasteiger partial charge in [0.1, 0.15) is 0 Å². The van der Waals surface area contributed by atoms with Gasteiger partial charge in [-0.25, -0.2) is 9.59 Å². The Hall–Kier alpha value is -1.72. The van der Waals surface area contributed by atoms with E-state index in [9.17, 15) is 14.5 Å². The molecule has 0 aromatic heterocycles. The van der Waals surface area contributed by atoms with Crippen molar-refractivity contribution < 1.29 is 19.1 Å². The molecule has 0 rings (SSSR count). The van der Waals surface area contributed by atoms with Crippen molar-refractivity contribution in [1.82, 2.24) is 0 Å². The number of esters is 2. The average Bonchev–Trinajstić information content (AvgIpc) is 2.29. The van der Waals surface area contributed by atoms with E-state index < -0.39 is 17.5 Å². The first-order valence-corrected chi connectivity index (χ1v) is 4.21. The molecule has 0 N–H and O–H groups in total. The van der Waals surface area contributed by atoms with Gasteiger partial charge in [0.05, 0.1) is 14.2 Å². The molecule has 0 aromatic rings. The van der Waals surface area contributed by atoms with Gasteiger partial charge >= 0.3 is 11.9 Å². The molecule has 0 spiro atoms. The maximum atomic E-state index is 11.3. The molecule has 0 aromatic carbocycles. The van der Waals surface area contributed by atoms with Crippen molar-refractivity contribution in [2.45, 2.75) is 18.9 Å². The molecule has 0 aliphatic heterocycles. The van der Waals surface area contributed by atoms with Gasteiger partial charge in [-0.3, -0.25) is 0 Å². The van der Waals surface area contributed by atoms with E-state index in [1.807, 2.05) is 0 Å². The molecule has 0 bridgehead atoms. The number of nitroso groups, excluding NO2 is 1. The van der Waals surface area contributed by atoms with Crippen molar-refractivity contribution in [2.24, 2.45) is 5.18 Å². The van der Waals surface area contributed by atoms with Crippen LogP contribution in [-0.2, 0) is 19.1 Å². The van der Waals surface area contributed by atoms with Crippen LogP contribution in [0.1, 0.15) is 13.3 Å². The third-order valence-electron chi connectivity index (χ3n) is 1.85. The number of ether oxygens (including phenoxy) is 2. The van der Waals surface area contributed by atoms with Crippen LogP contribution in [-0.4, -0.2) is 31.7 Å². The molecule has 0 saturated carbocycles. The minimum atomic E-state index is -2.13. The van der Waals surface area contributed by atoms with Gasteiger partial charge in [0, 0.05) is 6.42 Å². The molecular formula is C9H13NO5. The zero-order valence-electron chi connectivity index (χ0n) is 8.85. The second-order valence-corrected chi connectivity index (χ2v) is 2.71. The van der Waals surface area contributed by atoms with Crippen molar-refractivity contribution >= 4 is 11.9 Å². The Morgan fingerprint density at radius 3 is 2.00 bits per heavy atom. The Balaban J connectivity index is 5.18. The number of rotatable bonds is 5. The molecular weight excluding hydrogens is 202 g/mol. The molecule has 0 saturated heterocycles. The SMILES string of the molecule is C/C=C/CC(N=O)(C(=O)OC)C(=O)OC. The fourth-order valence-electron chi connectivity index (χ4n) is 0.988. The van der Waals surface area contributed by atoms with Crippen molar-refractivity contribution in [3.8, 4) is 0 Å². The summed E-state index contributed by atoms with van der Waals surface area (Å²) in [6.07, 6.45) is 2.88. The second-order valence-electron chi connectivity index (χ2n) is 2.71. The van der Waals surface area contributed by atoms with Gasteiger partial charge < -0.3 is 9.47 Å². The van der Waals surface area contributed by atoms with E-state index in [4.69, 9.17) is 0 Å². The highest BCUT2D eigenvalue weighted by molar-refractivity contribution is 6.05. The van der Waals surface area contributed by atoms with Crippen molar-refractivity contribution in [1.29, 1.82) is 0 Å². The molecule has 0 amide bonds. The van der Waals surface area contributed by atoms with E-state index in [2.05, 4.69) is 14.7 Å². The van der Waals surface area contributed by atoms with Gasteiger partial charge in [0.2, 0.25) is 0 Å². The zero-order valence-corrected chi connectivity index (χ0v) is 8.85. The lowest BCUT2D eigenvalue weighted by atomic mass is 9.96. The normalized spacial score (nSPS) is 11.1. The van der Waals surface area contributed by atoms with Crippen LogP contribution in [0.15, 0.2) is 17.3 Å². The van der Waals surface area contributed by atoms with E-state index in [-0.39, 0.29) is 6.42 Å². The molecule has 84 valence electrons. The number of nitrogens with zero attached hydrogens (tertiary/aromatic N) is 1. The Labute approximate surface area is 87.2 Å². The van der Waals surface area contributed by atoms with Crippen LogP contribution < -0.4 is 0 Å². The Morgan fingerprint density at radius 2 is 1.73 bits per heavy atom. The summed E-state index contributed by atoms with van der Waals surface area (Å²) in [4.78, 5) is 33.3. The predicted octanol–water partition coefficient (Wildman–Crippen LogP) is 0.804. The number of allylic oxidation sites excluding steroid dienone is 1. The fraction of sp³-hybridized carbons (Fsp3) is 0.556. The summed E-state index contributed by atoms with van der Waals surface area (Å²) >= 11 is 0. The molecule has 0 aliphatic carbocycles. The van der Waals surface area contributed by atoms with Crippen LogP contribution in [0.2, 0.25) is 0 Å². The average molecular weight is 215 g/mol. The Morgan fingerprint density at radius 1 is 1.27 bits per heavy atom. The van der Waals surface area contributed by atoms with E-state index in [0.717, 1.165) is 14.2 Å². The van der Waals surface area contributed by atoms with Gasteiger partial charge in [-0.15, -0.1) is 4.91 Å². The summed E-state index contributed by atoms with van der Waals surface area (Å²) < 4.78 is 8.72. The molecule has 0 unspecified atom stereocenters. The maximum Gasteiger partial charge on any atom is 0.349 e. The molecule has 6 heteroatoms. The lowest BCUT2D eigenvalue weighted by Gasteiger charge is -2.18. The first-order chi connectivity index (χ1) is 7.08. The van der Waals surface area contributed by atoms with Gasteiger partial charge in [-0.05, 0) is 12.1 Å². The lowest BCUT2D eigenvalue weighted by Crippen LogP contribution is -2.45. The zero-order chi connectivity index (χ0) is 11.9. The number of carbonyl (C=O) groups is 2. The highest BCUT2D eigenvalue weighted by atomic mass is 16.5. The third kappa shape index (κ3) is 2.61. The molecule has 15 heavy (non-hydrogen) atoms. The summed E-state index contributed by atoms with van der Waals surface area (Å²) in [7, 11) is 2.14. The number of methoxy groups -OCH3 is 2. The summed E-state index contributed by atoms with van der Waals surface area (Å²) in [5.41, 5.74) is -2.13. The van der Waals surface area contributed by atoms with E-state index in [1.54, 1.807) is 13.0 Å². The predicted molar refractivity (Wildman–Crippen MR) is 52.0 cm³/mol. The van der Waals surface area contributed by atoms with Crippen LogP contribution >= 0.6 is 0 Å². The molecule has 0 fully saturated rings. The van der Waals surface area contributed by atoms with E-state index in [0.29, 0.717) is 0 Å². The lowest BCUT2D eigenvalue weighted by molar-refractivity contribution is -0.160. The summed E-state index contributed by atoms with van der Waals surface area (Å²) in [6, 6.07) is 0. The molecule has 0 heterocycles. The van der Waals surface area contributed by atoms with Crippen LogP contribution in [0.5, 0.6) is 0 Å². The van der Waals surface area contributed by atoms with Crippen LogP contribution in [0.25, 0.3) is 0 Å². The third-order valence-corrected chi connectivity index (χ3v) is 1.85. The van der Waals surface area contributed by atoms with Crippen LogP contribution in [0, 0.1) is 4.91 Å². The maximum absolute atomic E-state index is 11.3. The smallest absolute Gasteiger partial charge is 0.349 e. The largest absolute Gasteiger partial charge is 0.467 e. The second kappa shape index (κ2) is 5.90. The number of carbonyl (C=O) groups excluding carboxylic acids is 2. The minimum absolute atomic E-state index is 0.174. The number of hydrogen-bond acceptors (Lipinski definition) is 6. The van der Waals surface area contributed by atoms with Gasteiger partial charge in [0.25, 0.3) is 5.54 Å². The quantitative estimate of drug-likeness (QED) is 0.293. The van der Waals surface area contributed by atoms with Gasteiger partial charge in [-0.2, -0.15) is 0 Å². The topological polar surface area (TPSA) is 82.0 Å². The van der Waals surface area contributed by atoms with E-state index in [1.165, 1.54) is 6.08 Å². The number of hydrogen-bond donors (Lipinski definition) is 0. The summed E-state index contributed by atoms with van der Waals surface area (Å²) in [5, 5.41) is 2.55. The van der Waals surface area contributed by atoms with Gasteiger partial charge in [0.15, 0.2) is 0 Å². The highest BCUT2D eigenvalue weighted by Crippen LogP contribution is 2.20. The standard InChI is InChI=1S/C9H13NO5/c1-4-5-6-9(10-13,7(11)14-2)8(12)15-3/h4-5H,6H2,1-3H3/b5-4+. The molecule has 6 nitrogen and oxygen atoms in total. The summed E-state index contributed by atoms with van der Waals surface area (Å²) in [6.45, 7) is 1.68. The van der Waals surface area contributed by atoms with Crippen molar-refractivity contribution in [3.05, 3.63) is 17.1 Å². The Kier molecular flexibility index (Phi) is 5.22.